The van der Waals surface area contributed by atoms with Crippen molar-refractivity contribution in [2.45, 2.75) is 20.8 Å². The molecule has 0 unspecified atom stereocenters. The van der Waals surface area contributed by atoms with Crippen molar-refractivity contribution in [3.63, 3.8) is 0 Å². The lowest BCUT2D eigenvalue weighted by molar-refractivity contribution is 1.20. The minimum absolute atomic E-state index is 0.0637. The predicted octanol–water partition coefficient (Wildman–Crippen LogP) is 9.72. The average Bonchev–Trinajstić information content (AvgIpc) is 3.38. The molecule has 210 valence electrons. The number of halogens is 1. The minimum Gasteiger partial charge on any atom is -0.311 e. The first-order chi connectivity index (χ1) is 21.5. The largest absolute Gasteiger partial charge is 0.311 e. The Morgan fingerprint density at radius 1 is 0.568 bits per heavy atom. The average molecular weight is 603 g/mol. The number of hydrogen-bond donors (Lipinski definition) is 0. The summed E-state index contributed by atoms with van der Waals surface area (Å²) in [5.74, 6) is 0. The molecule has 0 N–H and O–H groups in total. The van der Waals surface area contributed by atoms with Gasteiger partial charge < -0.3 is 9.80 Å². The van der Waals surface area contributed by atoms with E-state index in [4.69, 9.17) is 11.6 Å². The third kappa shape index (κ3) is 3.62. The molecule has 9 rings (SSSR count). The van der Waals surface area contributed by atoms with E-state index in [1.54, 1.807) is 0 Å². The Balaban J connectivity index is 1.42. The lowest BCUT2D eigenvalue weighted by Gasteiger charge is -2.44. The van der Waals surface area contributed by atoms with Crippen molar-refractivity contribution in [2.75, 3.05) is 9.80 Å². The van der Waals surface area contributed by atoms with Crippen molar-refractivity contribution >= 4 is 100 Å². The summed E-state index contributed by atoms with van der Waals surface area (Å²) in [6, 6.07) is 42.4. The summed E-state index contributed by atoms with van der Waals surface area (Å²) in [6.07, 6.45) is 0. The molecule has 0 spiro atoms. The number of hydrogen-bond acceptors (Lipinski definition) is 3. The van der Waals surface area contributed by atoms with Crippen molar-refractivity contribution in [3.8, 4) is 0 Å². The Hall–Kier alpha value is -4.51. The molecule has 0 fully saturated rings. The maximum atomic E-state index is 6.80. The number of rotatable bonds is 2. The predicted molar refractivity (Wildman–Crippen MR) is 193 cm³/mol. The first kappa shape index (κ1) is 25.9. The highest BCUT2D eigenvalue weighted by Gasteiger charge is 2.43. The van der Waals surface area contributed by atoms with Crippen LogP contribution < -0.4 is 26.2 Å². The first-order valence-corrected chi connectivity index (χ1v) is 16.3. The molecule has 0 aliphatic carbocycles. The number of para-hydroxylation sites is 1. The molecule has 2 aliphatic heterocycles. The van der Waals surface area contributed by atoms with Gasteiger partial charge in [-0.15, -0.1) is 11.3 Å². The fraction of sp³-hybridized carbons (Fsp3) is 0.0769. The lowest BCUT2D eigenvalue weighted by atomic mass is 9.33. The van der Waals surface area contributed by atoms with Crippen molar-refractivity contribution in [1.29, 1.82) is 0 Å². The van der Waals surface area contributed by atoms with Crippen LogP contribution in [0.15, 0.2) is 115 Å². The zero-order chi connectivity index (χ0) is 29.7. The van der Waals surface area contributed by atoms with Crippen LogP contribution in [-0.2, 0) is 0 Å². The number of aryl methyl sites for hydroxylation is 3. The molecule has 0 saturated heterocycles. The van der Waals surface area contributed by atoms with Crippen LogP contribution in [0.1, 0.15) is 16.7 Å². The van der Waals surface area contributed by atoms with E-state index in [-0.39, 0.29) is 6.71 Å². The van der Waals surface area contributed by atoms with Gasteiger partial charge >= 0.3 is 0 Å². The standard InChI is InChI=1S/C39H28BClN2S/c1-23-18-24(2)39(25(3)19-23)43-33-14-9-13-32-38(33)40(30-17-16-26(41)20-34(30)43)31-21-29-28-12-7-8-15-36(28)44-37(29)22-35(31)42(32)27-10-5-4-6-11-27/h4-22H,1-3H3. The maximum Gasteiger partial charge on any atom is 0.252 e. The number of thiophene rings is 1. The van der Waals surface area contributed by atoms with E-state index in [1.165, 1.54) is 76.0 Å². The Bertz CT molecular complexity index is 2290. The third-order valence-corrected chi connectivity index (χ3v) is 10.7. The number of fused-ring (bicyclic) bond motifs is 7. The fourth-order valence-corrected chi connectivity index (χ4v) is 9.03. The molecule has 5 heteroatoms. The zero-order valence-electron chi connectivity index (χ0n) is 24.7. The highest BCUT2D eigenvalue weighted by molar-refractivity contribution is 7.26. The minimum atomic E-state index is 0.0637. The highest BCUT2D eigenvalue weighted by Crippen LogP contribution is 2.47. The van der Waals surface area contributed by atoms with E-state index >= 15 is 0 Å². The summed E-state index contributed by atoms with van der Waals surface area (Å²) < 4.78 is 2.63. The van der Waals surface area contributed by atoms with Gasteiger partial charge in [0.15, 0.2) is 0 Å². The third-order valence-electron chi connectivity index (χ3n) is 9.33. The monoisotopic (exact) mass is 602 g/mol. The summed E-state index contributed by atoms with van der Waals surface area (Å²) >= 11 is 8.67. The van der Waals surface area contributed by atoms with Crippen molar-refractivity contribution < 1.29 is 0 Å². The molecule has 0 saturated carbocycles. The summed E-state index contributed by atoms with van der Waals surface area (Å²) in [5, 5.41) is 3.39. The van der Waals surface area contributed by atoms with Crippen LogP contribution in [0, 0.1) is 20.8 Å². The van der Waals surface area contributed by atoms with Crippen molar-refractivity contribution in [2.24, 2.45) is 0 Å². The lowest BCUT2D eigenvalue weighted by Crippen LogP contribution is -2.61. The molecule has 2 aliphatic rings. The van der Waals surface area contributed by atoms with E-state index in [0.29, 0.717) is 0 Å². The SMILES string of the molecule is Cc1cc(C)c(N2c3cc(Cl)ccc3B3c4cc5c(cc4N(c4ccccc4)c4cccc2c43)sc2ccccc25)c(C)c1. The molecular weight excluding hydrogens is 575 g/mol. The van der Waals surface area contributed by atoms with E-state index in [1.807, 2.05) is 11.3 Å². The number of anilines is 6. The molecule has 2 nitrogen and oxygen atoms in total. The molecule has 44 heavy (non-hydrogen) atoms. The second kappa shape index (κ2) is 9.50. The summed E-state index contributed by atoms with van der Waals surface area (Å²) in [7, 11) is 0. The molecular formula is C39H28BClN2S. The normalized spacial score (nSPS) is 13.3. The Morgan fingerprint density at radius 3 is 2.07 bits per heavy atom. The van der Waals surface area contributed by atoms with Gasteiger partial charge in [0.25, 0.3) is 6.71 Å². The quantitative estimate of drug-likeness (QED) is 0.182. The topological polar surface area (TPSA) is 6.48 Å². The van der Waals surface area contributed by atoms with Gasteiger partial charge in [-0.3, -0.25) is 0 Å². The van der Waals surface area contributed by atoms with Crippen molar-refractivity contribution in [1.82, 2.24) is 0 Å². The molecule has 0 bridgehead atoms. The molecule has 3 heterocycles. The maximum absolute atomic E-state index is 6.80. The first-order valence-electron chi connectivity index (χ1n) is 15.1. The number of benzene rings is 6. The van der Waals surface area contributed by atoms with Gasteiger partial charge in [-0.2, -0.15) is 0 Å². The molecule has 1 aromatic heterocycles. The Morgan fingerprint density at radius 2 is 1.27 bits per heavy atom. The molecule has 0 radical (unpaired) electrons. The van der Waals surface area contributed by atoms with E-state index in [2.05, 4.69) is 146 Å². The fourth-order valence-electron chi connectivity index (χ4n) is 7.74. The van der Waals surface area contributed by atoms with Crippen LogP contribution in [0.4, 0.5) is 34.1 Å². The molecule has 0 atom stereocenters. The van der Waals surface area contributed by atoms with Crippen LogP contribution in [0.25, 0.3) is 20.2 Å². The zero-order valence-corrected chi connectivity index (χ0v) is 26.3. The smallest absolute Gasteiger partial charge is 0.252 e. The van der Waals surface area contributed by atoms with Crippen LogP contribution in [0.3, 0.4) is 0 Å². The van der Waals surface area contributed by atoms with Crippen LogP contribution in [0.5, 0.6) is 0 Å². The highest BCUT2D eigenvalue weighted by atomic mass is 35.5. The summed E-state index contributed by atoms with van der Waals surface area (Å²) in [4.78, 5) is 4.94. The Labute approximate surface area is 266 Å². The van der Waals surface area contributed by atoms with Crippen LogP contribution in [0.2, 0.25) is 5.02 Å². The van der Waals surface area contributed by atoms with Gasteiger partial charge in [0.1, 0.15) is 0 Å². The second-order valence-electron chi connectivity index (χ2n) is 12.1. The van der Waals surface area contributed by atoms with Crippen LogP contribution >= 0.6 is 22.9 Å². The summed E-state index contributed by atoms with van der Waals surface area (Å²) in [5.41, 5.74) is 14.9. The second-order valence-corrected chi connectivity index (χ2v) is 13.6. The van der Waals surface area contributed by atoms with Crippen LogP contribution in [-0.4, -0.2) is 6.71 Å². The molecule has 6 aromatic carbocycles. The van der Waals surface area contributed by atoms with Crippen molar-refractivity contribution in [3.05, 3.63) is 137 Å². The van der Waals surface area contributed by atoms with E-state index < -0.39 is 0 Å². The molecule has 7 aromatic rings. The summed E-state index contributed by atoms with van der Waals surface area (Å²) in [6.45, 7) is 6.69. The van der Waals surface area contributed by atoms with Gasteiger partial charge in [0, 0.05) is 48.2 Å². The van der Waals surface area contributed by atoms with Gasteiger partial charge in [0.05, 0.1) is 5.69 Å². The Kier molecular flexibility index (Phi) is 5.60. The van der Waals surface area contributed by atoms with Gasteiger partial charge in [-0.25, -0.2) is 0 Å². The number of nitrogens with zero attached hydrogens (tertiary/aromatic N) is 2. The van der Waals surface area contributed by atoms with E-state index in [0.717, 1.165) is 16.4 Å². The van der Waals surface area contributed by atoms with Gasteiger partial charge in [0.2, 0.25) is 0 Å². The van der Waals surface area contributed by atoms with E-state index in [9.17, 15) is 0 Å². The molecule has 0 amide bonds. The van der Waals surface area contributed by atoms with Gasteiger partial charge in [-0.05, 0) is 102 Å². The van der Waals surface area contributed by atoms with Gasteiger partial charge in [-0.1, -0.05) is 83.9 Å².